The van der Waals surface area contributed by atoms with Gasteiger partial charge in [0.2, 0.25) is 0 Å². The van der Waals surface area contributed by atoms with E-state index in [9.17, 15) is 0 Å². The third kappa shape index (κ3) is 41.3. The van der Waals surface area contributed by atoms with Gasteiger partial charge >= 0.3 is 18.9 Å². The maximum atomic E-state index is 0. The van der Waals surface area contributed by atoms with E-state index >= 15 is 0 Å². The van der Waals surface area contributed by atoms with E-state index in [0.29, 0.717) is 0 Å². The van der Waals surface area contributed by atoms with Crippen LogP contribution in [0.5, 0.6) is 0 Å². The van der Waals surface area contributed by atoms with Gasteiger partial charge in [-0.1, -0.05) is 0 Å². The molecule has 0 saturated heterocycles. The van der Waals surface area contributed by atoms with Crippen LogP contribution >= 0.6 is 0 Å². The first-order valence-electron chi connectivity index (χ1n) is 0. The summed E-state index contributed by atoms with van der Waals surface area (Å²) in [6, 6.07) is 0. The molecule has 0 aromatic rings. The maximum Gasteiger partial charge on any atom is 1.00 e. The van der Waals surface area contributed by atoms with Crippen molar-refractivity contribution in [2.45, 2.75) is 0 Å². The molecule has 0 aliphatic heterocycles. The first-order chi connectivity index (χ1) is 0. The Morgan fingerprint density at radius 2 is 0.429 bits per heavy atom. The van der Waals surface area contributed by atoms with E-state index in [-0.39, 0.29) is 124 Å². The fourth-order valence-corrected chi connectivity index (χ4v) is 0. The molecule has 0 saturated carbocycles. The van der Waals surface area contributed by atoms with Crippen LogP contribution in [0.2, 0.25) is 0 Å². The third-order valence-electron chi connectivity index (χ3n) is 0. The van der Waals surface area contributed by atoms with Crippen LogP contribution in [0.15, 0.2) is 0 Å². The Hall–Kier alpha value is 3.79. The minimum atomic E-state index is 0. The fraction of sp³-hybridized carbons (Fsp3) is 0. The zero-order valence-electron chi connectivity index (χ0n) is 5.46. The quantitative estimate of drug-likeness (QED) is 0.319. The van der Waals surface area contributed by atoms with Crippen molar-refractivity contribution in [3.63, 3.8) is 0 Å². The zero-order chi connectivity index (χ0) is 0. The molecular weight excluding hydrogens is 169 g/mol. The van der Waals surface area contributed by atoms with Crippen LogP contribution in [0.3, 0.4) is 0 Å². The normalized spacial score (nSPS) is 0. The Bertz CT molecular complexity index is 8.49. The maximum absolute atomic E-state index is 0. The van der Waals surface area contributed by atoms with Gasteiger partial charge in [0.1, 0.15) is 0 Å². The smallest absolute Gasteiger partial charge is 1.00 e. The minimum absolute atomic E-state index is 0. The number of rotatable bonds is 0. The van der Waals surface area contributed by atoms with Crippen molar-refractivity contribution in [1.82, 2.24) is 0 Å². The van der Waals surface area contributed by atoms with Crippen molar-refractivity contribution < 1.29 is 20.3 Å². The van der Waals surface area contributed by atoms with E-state index in [4.69, 9.17) is 0 Å². The van der Waals surface area contributed by atoms with E-state index in [1.807, 2.05) is 0 Å². The summed E-state index contributed by atoms with van der Waals surface area (Å²) >= 11 is 0. The summed E-state index contributed by atoms with van der Waals surface area (Å²) < 4.78 is 0. The van der Waals surface area contributed by atoms with Gasteiger partial charge < -0.3 is 1.43 Å². The van der Waals surface area contributed by atoms with Crippen LogP contribution in [-0.4, -0.2) is 104 Å². The van der Waals surface area contributed by atoms with Gasteiger partial charge in [0.05, 0.1) is 0 Å². The predicted octanol–water partition coefficient (Wildman–Crippen LogP) is -5.17. The number of hydrogen-bond donors (Lipinski definition) is 0. The summed E-state index contributed by atoms with van der Waals surface area (Å²) in [5.41, 5.74) is 0. The molecule has 0 N–H and O–H groups in total. The Morgan fingerprint density at radius 1 is 0.429 bits per heavy atom. The molecular formula is HAl6Li. The molecule has 0 aromatic heterocycles. The second-order valence-corrected chi connectivity index (χ2v) is 0. The summed E-state index contributed by atoms with van der Waals surface area (Å²) in [4.78, 5) is 0. The zero-order valence-corrected chi connectivity index (χ0v) is 11.4. The van der Waals surface area contributed by atoms with E-state index in [1.54, 1.807) is 0 Å². The van der Waals surface area contributed by atoms with Crippen LogP contribution in [-0.2, 0) is 0 Å². The molecule has 0 nitrogen and oxygen atoms in total. The summed E-state index contributed by atoms with van der Waals surface area (Å²) in [7, 11) is 0. The van der Waals surface area contributed by atoms with Gasteiger partial charge in [-0.3, -0.25) is 0 Å². The van der Waals surface area contributed by atoms with Crippen molar-refractivity contribution in [1.29, 1.82) is 0 Å². The summed E-state index contributed by atoms with van der Waals surface area (Å²) in [5, 5.41) is 0. The minimum Gasteiger partial charge on any atom is -1.00 e. The Labute approximate surface area is 122 Å². The molecule has 18 radical (unpaired) electrons. The molecule has 0 aromatic carbocycles. The second-order valence-electron chi connectivity index (χ2n) is 0. The monoisotopic (exact) mass is 170 g/mol. The van der Waals surface area contributed by atoms with Crippen molar-refractivity contribution in [3.05, 3.63) is 0 Å². The largest absolute Gasteiger partial charge is 1.00 e. The van der Waals surface area contributed by atoms with E-state index in [0.717, 1.165) is 0 Å². The Balaban J connectivity index is 0. The molecule has 0 amide bonds. The standard InChI is InChI=1S/6Al.Li.H/q;;;;;;+1;-1. The molecule has 7 heteroatoms. The van der Waals surface area contributed by atoms with Crippen molar-refractivity contribution >= 4 is 104 Å². The predicted molar refractivity (Wildman–Crippen MR) is 35.6 cm³/mol. The van der Waals surface area contributed by atoms with Gasteiger partial charge in [-0.05, 0) is 0 Å². The molecule has 0 fully saturated rings. The first kappa shape index (κ1) is 72.0. The second kappa shape index (κ2) is 52.6. The van der Waals surface area contributed by atoms with Crippen LogP contribution in [0.1, 0.15) is 1.43 Å². The molecule has 0 heterocycles. The molecule has 7 heavy (non-hydrogen) atoms. The molecule has 0 spiro atoms. The van der Waals surface area contributed by atoms with Crippen LogP contribution in [0, 0.1) is 0 Å². The molecule has 0 atom stereocenters. The SMILES string of the molecule is [Al].[Al].[Al].[Al].[Al].[Al].[H-].[Li+]. The van der Waals surface area contributed by atoms with E-state index in [1.165, 1.54) is 0 Å². The van der Waals surface area contributed by atoms with Gasteiger partial charge in [0.15, 0.2) is 0 Å². The summed E-state index contributed by atoms with van der Waals surface area (Å²) in [6.07, 6.45) is 0. The summed E-state index contributed by atoms with van der Waals surface area (Å²) in [5.74, 6) is 0. The molecule has 0 rings (SSSR count). The Kier molecular flexibility index (Phi) is 541. The van der Waals surface area contributed by atoms with Crippen molar-refractivity contribution in [3.8, 4) is 0 Å². The van der Waals surface area contributed by atoms with Crippen LogP contribution in [0.25, 0.3) is 0 Å². The molecule has 0 aliphatic carbocycles. The summed E-state index contributed by atoms with van der Waals surface area (Å²) in [6.45, 7) is 0. The number of hydrogen-bond acceptors (Lipinski definition) is 0. The van der Waals surface area contributed by atoms with Crippen molar-refractivity contribution in [2.75, 3.05) is 0 Å². The Morgan fingerprint density at radius 3 is 0.429 bits per heavy atom. The van der Waals surface area contributed by atoms with E-state index in [2.05, 4.69) is 0 Å². The third-order valence-corrected chi connectivity index (χ3v) is 0. The molecule has 0 unspecified atom stereocenters. The van der Waals surface area contributed by atoms with Gasteiger partial charge in [-0.25, -0.2) is 0 Å². The van der Waals surface area contributed by atoms with Gasteiger partial charge in [0, 0.05) is 104 Å². The average molecular weight is 170 g/mol. The van der Waals surface area contributed by atoms with Crippen molar-refractivity contribution in [2.24, 2.45) is 0 Å². The fourth-order valence-electron chi connectivity index (χ4n) is 0. The van der Waals surface area contributed by atoms with Crippen LogP contribution < -0.4 is 18.9 Å². The molecule has 20 valence electrons. The first-order valence-corrected chi connectivity index (χ1v) is 0. The molecule has 0 aliphatic rings. The topological polar surface area (TPSA) is 0 Å². The van der Waals surface area contributed by atoms with Crippen LogP contribution in [0.4, 0.5) is 0 Å². The van der Waals surface area contributed by atoms with Gasteiger partial charge in [-0.2, -0.15) is 0 Å². The van der Waals surface area contributed by atoms with E-state index < -0.39 is 0 Å². The van der Waals surface area contributed by atoms with Gasteiger partial charge in [0.25, 0.3) is 0 Å². The average Bonchev–Trinajstić information content (AvgIpc) is 0. The van der Waals surface area contributed by atoms with Gasteiger partial charge in [-0.15, -0.1) is 0 Å². The molecule has 0 bridgehead atoms.